The van der Waals surface area contributed by atoms with Crippen molar-refractivity contribution in [2.45, 2.75) is 84.9 Å². The molecule has 0 saturated carbocycles. The molecule has 1 aromatic heterocycles. The summed E-state index contributed by atoms with van der Waals surface area (Å²) in [7, 11) is 1.77. The van der Waals surface area contributed by atoms with Crippen LogP contribution in [-0.2, 0) is 11.3 Å². The maximum absolute atomic E-state index is 11.9. The molecule has 1 aromatic rings. The molecule has 1 rings (SSSR count). The molecule has 0 fully saturated rings. The first-order valence-corrected chi connectivity index (χ1v) is 10.7. The number of ether oxygens (including phenoxy) is 1. The third-order valence-corrected chi connectivity index (χ3v) is 4.40. The molecule has 0 aliphatic carbocycles. The molecule has 1 amide bonds. The largest absolute Gasteiger partial charge is 0.444 e. The Morgan fingerprint density at radius 3 is 2.62 bits per heavy atom. The second kappa shape index (κ2) is 13.1. The number of carbonyl (C=O) groups is 1. The number of carbonyl (C=O) groups excluding carboxylic acids is 1. The molecule has 1 unspecified atom stereocenters. The van der Waals surface area contributed by atoms with Crippen LogP contribution < -0.4 is 16.0 Å². The summed E-state index contributed by atoms with van der Waals surface area (Å²) >= 11 is 0. The maximum atomic E-state index is 11.9. The van der Waals surface area contributed by atoms with Gasteiger partial charge in [-0.3, -0.25) is 4.99 Å². The van der Waals surface area contributed by atoms with Gasteiger partial charge in [-0.2, -0.15) is 0 Å². The van der Waals surface area contributed by atoms with Gasteiger partial charge in [0.2, 0.25) is 0 Å². The summed E-state index contributed by atoms with van der Waals surface area (Å²) < 4.78 is 7.49. The maximum Gasteiger partial charge on any atom is 0.407 e. The van der Waals surface area contributed by atoms with Crippen LogP contribution in [0.1, 0.15) is 65.6 Å². The number of aryl methyl sites for hydroxylation is 2. The van der Waals surface area contributed by atoms with Crippen LogP contribution in [0, 0.1) is 6.92 Å². The van der Waals surface area contributed by atoms with E-state index in [1.165, 1.54) is 0 Å². The molecule has 0 bridgehead atoms. The average molecular weight is 409 g/mol. The number of aromatic nitrogens is 2. The van der Waals surface area contributed by atoms with Crippen molar-refractivity contribution in [1.29, 1.82) is 0 Å². The number of guanidine groups is 1. The lowest BCUT2D eigenvalue weighted by Gasteiger charge is -2.24. The van der Waals surface area contributed by atoms with Crippen molar-refractivity contribution in [3.8, 4) is 0 Å². The summed E-state index contributed by atoms with van der Waals surface area (Å²) in [4.78, 5) is 20.5. The van der Waals surface area contributed by atoms with Crippen molar-refractivity contribution < 1.29 is 9.53 Å². The molecule has 0 aromatic carbocycles. The molecule has 0 aliphatic heterocycles. The lowest BCUT2D eigenvalue weighted by molar-refractivity contribution is 0.0523. The predicted octanol–water partition coefficient (Wildman–Crippen LogP) is 3.22. The smallest absolute Gasteiger partial charge is 0.407 e. The highest BCUT2D eigenvalue weighted by Gasteiger charge is 2.18. The van der Waals surface area contributed by atoms with Gasteiger partial charge in [-0.05, 0) is 47.0 Å². The Hall–Kier alpha value is -2.25. The Bertz CT molecular complexity index is 621. The van der Waals surface area contributed by atoms with E-state index < -0.39 is 11.7 Å². The minimum Gasteiger partial charge on any atom is -0.444 e. The Morgan fingerprint density at radius 2 is 2.03 bits per heavy atom. The standard InChI is InChI=1S/C21H40N6O2/c1-7-8-11-18(16-25-20(28)29-21(3,4)5)26-19(22-6)24-12-9-10-14-27-15-13-23-17(27)2/h13,15,18H,7-12,14,16H2,1-6H3,(H,25,28)(H2,22,24,26). The predicted molar refractivity (Wildman–Crippen MR) is 118 cm³/mol. The van der Waals surface area contributed by atoms with Gasteiger partial charge in [0.15, 0.2) is 5.96 Å². The van der Waals surface area contributed by atoms with Crippen LogP contribution in [0.4, 0.5) is 4.79 Å². The van der Waals surface area contributed by atoms with Crippen LogP contribution in [0.2, 0.25) is 0 Å². The van der Waals surface area contributed by atoms with E-state index in [1.54, 1.807) is 7.05 Å². The van der Waals surface area contributed by atoms with Crippen LogP contribution in [0.5, 0.6) is 0 Å². The van der Waals surface area contributed by atoms with Gasteiger partial charge in [0.25, 0.3) is 0 Å². The van der Waals surface area contributed by atoms with Crippen LogP contribution >= 0.6 is 0 Å². The molecule has 0 spiro atoms. The SMILES string of the molecule is CCCCC(CNC(=O)OC(C)(C)C)NC(=NC)NCCCCn1ccnc1C. The van der Waals surface area contributed by atoms with E-state index in [2.05, 4.69) is 37.4 Å². The number of nitrogens with one attached hydrogen (secondary N) is 3. The number of alkyl carbamates (subject to hydrolysis) is 1. The number of unbranched alkanes of at least 4 members (excludes halogenated alkanes) is 2. The summed E-state index contributed by atoms with van der Waals surface area (Å²) in [5, 5.41) is 9.65. The van der Waals surface area contributed by atoms with E-state index in [0.29, 0.717) is 6.54 Å². The first-order chi connectivity index (χ1) is 13.7. The van der Waals surface area contributed by atoms with E-state index >= 15 is 0 Å². The van der Waals surface area contributed by atoms with Gasteiger partial charge >= 0.3 is 6.09 Å². The summed E-state index contributed by atoms with van der Waals surface area (Å²) in [6.45, 7) is 12.1. The molecule has 1 atom stereocenters. The fraction of sp³-hybridized carbons (Fsp3) is 0.762. The van der Waals surface area contributed by atoms with Gasteiger partial charge in [-0.1, -0.05) is 19.8 Å². The van der Waals surface area contributed by atoms with Crippen molar-refractivity contribution in [1.82, 2.24) is 25.5 Å². The molecule has 166 valence electrons. The zero-order chi connectivity index (χ0) is 21.7. The van der Waals surface area contributed by atoms with Crippen LogP contribution in [-0.4, -0.2) is 53.4 Å². The van der Waals surface area contributed by atoms with E-state index in [1.807, 2.05) is 40.1 Å². The lowest BCUT2D eigenvalue weighted by atomic mass is 10.1. The fourth-order valence-corrected chi connectivity index (χ4v) is 2.84. The van der Waals surface area contributed by atoms with Crippen molar-refractivity contribution >= 4 is 12.1 Å². The highest BCUT2D eigenvalue weighted by Crippen LogP contribution is 2.07. The number of amides is 1. The molecular formula is C21H40N6O2. The van der Waals surface area contributed by atoms with Gasteiger partial charge in [-0.25, -0.2) is 9.78 Å². The number of aliphatic imine (C=N–C) groups is 1. The number of nitrogens with zero attached hydrogens (tertiary/aromatic N) is 3. The summed E-state index contributed by atoms with van der Waals surface area (Å²) in [6, 6.07) is 0.0993. The van der Waals surface area contributed by atoms with Crippen LogP contribution in [0.25, 0.3) is 0 Å². The van der Waals surface area contributed by atoms with E-state index in [9.17, 15) is 4.79 Å². The van der Waals surface area contributed by atoms with Crippen LogP contribution in [0.3, 0.4) is 0 Å². The Balaban J connectivity index is 2.38. The number of rotatable bonds is 11. The Labute approximate surface area is 175 Å². The highest BCUT2D eigenvalue weighted by atomic mass is 16.6. The van der Waals surface area contributed by atoms with E-state index in [4.69, 9.17) is 4.74 Å². The zero-order valence-corrected chi connectivity index (χ0v) is 19.0. The highest BCUT2D eigenvalue weighted by molar-refractivity contribution is 5.80. The zero-order valence-electron chi connectivity index (χ0n) is 19.0. The Kier molecular flexibility index (Phi) is 11.2. The monoisotopic (exact) mass is 408 g/mol. The third kappa shape index (κ3) is 11.4. The van der Waals surface area contributed by atoms with Gasteiger partial charge in [0, 0.05) is 45.1 Å². The van der Waals surface area contributed by atoms with E-state index in [-0.39, 0.29) is 6.04 Å². The number of hydrogen-bond acceptors (Lipinski definition) is 4. The fourth-order valence-electron chi connectivity index (χ4n) is 2.84. The van der Waals surface area contributed by atoms with Gasteiger partial charge in [0.1, 0.15) is 11.4 Å². The summed E-state index contributed by atoms with van der Waals surface area (Å²) in [6.07, 6.45) is 8.69. The van der Waals surface area contributed by atoms with Crippen LogP contribution in [0.15, 0.2) is 17.4 Å². The van der Waals surface area contributed by atoms with Crippen molar-refractivity contribution in [3.05, 3.63) is 18.2 Å². The molecule has 8 heteroatoms. The summed E-state index contributed by atoms with van der Waals surface area (Å²) in [5.74, 6) is 1.81. The number of hydrogen-bond donors (Lipinski definition) is 3. The molecule has 8 nitrogen and oxygen atoms in total. The minimum absolute atomic E-state index is 0.0993. The molecule has 1 heterocycles. The second-order valence-corrected chi connectivity index (χ2v) is 8.24. The van der Waals surface area contributed by atoms with E-state index in [0.717, 1.165) is 57.0 Å². The third-order valence-electron chi connectivity index (χ3n) is 4.40. The molecule has 0 aliphatic rings. The normalized spacial score (nSPS) is 13.1. The van der Waals surface area contributed by atoms with Crippen molar-refractivity contribution in [3.63, 3.8) is 0 Å². The quantitative estimate of drug-likeness (QED) is 0.297. The first-order valence-electron chi connectivity index (χ1n) is 10.7. The molecule has 3 N–H and O–H groups in total. The van der Waals surface area contributed by atoms with Gasteiger partial charge in [0.05, 0.1) is 0 Å². The molecule has 0 saturated heterocycles. The number of imidazole rings is 1. The average Bonchev–Trinajstić information content (AvgIpc) is 3.05. The van der Waals surface area contributed by atoms with Gasteiger partial charge in [-0.15, -0.1) is 0 Å². The van der Waals surface area contributed by atoms with Crippen molar-refractivity contribution in [2.24, 2.45) is 4.99 Å². The topological polar surface area (TPSA) is 92.6 Å². The molecule has 29 heavy (non-hydrogen) atoms. The Morgan fingerprint density at radius 1 is 1.28 bits per heavy atom. The lowest BCUT2D eigenvalue weighted by Crippen LogP contribution is -2.49. The molecular weight excluding hydrogens is 368 g/mol. The van der Waals surface area contributed by atoms with Crippen molar-refractivity contribution in [2.75, 3.05) is 20.1 Å². The summed E-state index contributed by atoms with van der Waals surface area (Å²) in [5.41, 5.74) is -0.497. The second-order valence-electron chi connectivity index (χ2n) is 8.24. The van der Waals surface area contributed by atoms with Gasteiger partial charge < -0.3 is 25.3 Å². The first kappa shape index (κ1) is 24.8. The molecule has 0 radical (unpaired) electrons. The minimum atomic E-state index is -0.497.